The van der Waals surface area contributed by atoms with Crippen LogP contribution in [0.3, 0.4) is 0 Å². The van der Waals surface area contributed by atoms with E-state index >= 15 is 0 Å². The van der Waals surface area contributed by atoms with Gasteiger partial charge in [-0.25, -0.2) is 15.8 Å². The Kier molecular flexibility index (Phi) is 5.05. The molecule has 0 saturated carbocycles. The minimum absolute atomic E-state index is 0.311. The Hall–Kier alpha value is -2.67. The van der Waals surface area contributed by atoms with Gasteiger partial charge >= 0.3 is 0 Å². The number of hydrazine groups is 1. The minimum atomic E-state index is -0.311. The molecule has 2 aromatic rings. The molecular weight excluding hydrogens is 268 g/mol. The van der Waals surface area contributed by atoms with Gasteiger partial charge in [-0.15, -0.1) is 0 Å². The number of nitrogens with zero attached hydrogens (tertiary/aromatic N) is 2. The lowest BCUT2D eigenvalue weighted by Crippen LogP contribution is -2.14. The van der Waals surface area contributed by atoms with Gasteiger partial charge in [0.2, 0.25) is 5.91 Å². The largest absolute Gasteiger partial charge is 0.370 e. The third-order valence-corrected chi connectivity index (χ3v) is 2.81. The Morgan fingerprint density at radius 2 is 1.86 bits per heavy atom. The van der Waals surface area contributed by atoms with Crippen molar-refractivity contribution in [1.82, 2.24) is 9.97 Å². The molecule has 110 valence electrons. The summed E-state index contributed by atoms with van der Waals surface area (Å²) in [5, 5.41) is 3.13. The standard InChI is InChI=1S/C14H18N6O/c15-11(21)7-4-8-17-12-9-13(20-16)19-14(18-12)10-5-2-1-3-6-10/h1-3,5-6,9H,4,7-8,16H2,(H2,15,21)(H2,17,18,19,20). The molecule has 0 saturated heterocycles. The van der Waals surface area contributed by atoms with E-state index in [0.29, 0.717) is 36.8 Å². The van der Waals surface area contributed by atoms with Gasteiger partial charge < -0.3 is 16.5 Å². The second-order valence-electron chi connectivity index (χ2n) is 4.47. The van der Waals surface area contributed by atoms with Crippen LogP contribution in [-0.4, -0.2) is 22.4 Å². The van der Waals surface area contributed by atoms with Crippen molar-refractivity contribution in [2.75, 3.05) is 17.3 Å². The summed E-state index contributed by atoms with van der Waals surface area (Å²) < 4.78 is 0. The number of nitrogens with two attached hydrogens (primary N) is 2. The van der Waals surface area contributed by atoms with E-state index in [4.69, 9.17) is 11.6 Å². The number of aromatic nitrogens is 2. The van der Waals surface area contributed by atoms with Gasteiger partial charge in [-0.1, -0.05) is 30.3 Å². The van der Waals surface area contributed by atoms with E-state index in [1.807, 2.05) is 30.3 Å². The first-order chi connectivity index (χ1) is 10.2. The fraction of sp³-hybridized carbons (Fsp3) is 0.214. The maximum atomic E-state index is 10.7. The van der Waals surface area contributed by atoms with Crippen molar-refractivity contribution in [3.05, 3.63) is 36.4 Å². The zero-order valence-electron chi connectivity index (χ0n) is 11.5. The highest BCUT2D eigenvalue weighted by atomic mass is 16.1. The summed E-state index contributed by atoms with van der Waals surface area (Å²) in [5.41, 5.74) is 8.52. The van der Waals surface area contributed by atoms with Crippen molar-refractivity contribution in [2.24, 2.45) is 11.6 Å². The lowest BCUT2D eigenvalue weighted by molar-refractivity contribution is -0.118. The summed E-state index contributed by atoms with van der Waals surface area (Å²) in [7, 11) is 0. The Morgan fingerprint density at radius 3 is 2.52 bits per heavy atom. The van der Waals surface area contributed by atoms with E-state index < -0.39 is 0 Å². The zero-order chi connectivity index (χ0) is 15.1. The summed E-state index contributed by atoms with van der Waals surface area (Å²) in [5.74, 6) is 6.85. The van der Waals surface area contributed by atoms with Crippen molar-refractivity contribution in [3.63, 3.8) is 0 Å². The Labute approximate surface area is 122 Å². The number of primary amides is 1. The summed E-state index contributed by atoms with van der Waals surface area (Å²) >= 11 is 0. The molecule has 0 spiro atoms. The van der Waals surface area contributed by atoms with Crippen LogP contribution in [-0.2, 0) is 4.79 Å². The first-order valence-corrected chi connectivity index (χ1v) is 6.62. The molecule has 0 unspecified atom stereocenters. The van der Waals surface area contributed by atoms with Crippen LogP contribution in [0.1, 0.15) is 12.8 Å². The van der Waals surface area contributed by atoms with Crippen LogP contribution in [0.15, 0.2) is 36.4 Å². The summed E-state index contributed by atoms with van der Waals surface area (Å²) in [6, 6.07) is 11.3. The molecule has 0 fully saturated rings. The van der Waals surface area contributed by atoms with Crippen LogP contribution in [0.25, 0.3) is 11.4 Å². The number of carbonyl (C=O) groups is 1. The number of carbonyl (C=O) groups excluding carboxylic acids is 1. The van der Waals surface area contributed by atoms with E-state index in [1.165, 1.54) is 0 Å². The fourth-order valence-corrected chi connectivity index (χ4v) is 1.81. The topological polar surface area (TPSA) is 119 Å². The molecule has 0 aliphatic heterocycles. The number of benzene rings is 1. The molecule has 0 aliphatic rings. The van der Waals surface area contributed by atoms with Crippen molar-refractivity contribution in [2.45, 2.75) is 12.8 Å². The maximum absolute atomic E-state index is 10.7. The average molecular weight is 286 g/mol. The lowest BCUT2D eigenvalue weighted by atomic mass is 10.2. The Morgan fingerprint density at radius 1 is 1.14 bits per heavy atom. The predicted octanol–water partition coefficient (Wildman–Crippen LogP) is 1.11. The van der Waals surface area contributed by atoms with Gasteiger partial charge in [0.05, 0.1) is 0 Å². The molecule has 7 heteroatoms. The van der Waals surface area contributed by atoms with Crippen molar-refractivity contribution < 1.29 is 4.79 Å². The number of nitrogen functional groups attached to an aromatic ring is 1. The summed E-state index contributed by atoms with van der Waals surface area (Å²) in [6.07, 6.45) is 0.983. The molecule has 0 bridgehead atoms. The molecule has 1 amide bonds. The molecule has 21 heavy (non-hydrogen) atoms. The number of amides is 1. The van der Waals surface area contributed by atoms with Crippen molar-refractivity contribution >= 4 is 17.5 Å². The van der Waals surface area contributed by atoms with E-state index in [-0.39, 0.29) is 5.91 Å². The summed E-state index contributed by atoms with van der Waals surface area (Å²) in [4.78, 5) is 19.4. The SMILES string of the molecule is NNc1cc(NCCCC(N)=O)nc(-c2ccccc2)n1. The van der Waals surface area contributed by atoms with E-state index in [2.05, 4.69) is 20.7 Å². The van der Waals surface area contributed by atoms with Gasteiger partial charge in [0.15, 0.2) is 5.82 Å². The van der Waals surface area contributed by atoms with Gasteiger partial charge in [-0.05, 0) is 6.42 Å². The fourth-order valence-electron chi connectivity index (χ4n) is 1.81. The van der Waals surface area contributed by atoms with Gasteiger partial charge in [-0.3, -0.25) is 4.79 Å². The van der Waals surface area contributed by atoms with E-state index in [0.717, 1.165) is 5.56 Å². The number of nitrogens with one attached hydrogen (secondary N) is 2. The highest BCUT2D eigenvalue weighted by Gasteiger charge is 2.06. The molecule has 0 aliphatic carbocycles. The molecule has 0 atom stereocenters. The number of rotatable bonds is 7. The molecule has 6 N–H and O–H groups in total. The maximum Gasteiger partial charge on any atom is 0.217 e. The first-order valence-electron chi connectivity index (χ1n) is 6.62. The monoisotopic (exact) mass is 286 g/mol. The van der Waals surface area contributed by atoms with Crippen LogP contribution < -0.4 is 22.3 Å². The highest BCUT2D eigenvalue weighted by Crippen LogP contribution is 2.19. The van der Waals surface area contributed by atoms with E-state index in [9.17, 15) is 4.79 Å². The normalized spacial score (nSPS) is 10.1. The quantitative estimate of drug-likeness (QED) is 0.344. The van der Waals surface area contributed by atoms with Gasteiger partial charge in [0, 0.05) is 24.6 Å². The smallest absolute Gasteiger partial charge is 0.217 e. The van der Waals surface area contributed by atoms with Crippen LogP contribution >= 0.6 is 0 Å². The van der Waals surface area contributed by atoms with Gasteiger partial charge in [0.25, 0.3) is 0 Å². The van der Waals surface area contributed by atoms with Gasteiger partial charge in [0.1, 0.15) is 11.6 Å². The number of hydrogen-bond acceptors (Lipinski definition) is 6. The number of anilines is 2. The molecule has 0 radical (unpaired) electrons. The van der Waals surface area contributed by atoms with Crippen molar-refractivity contribution in [3.8, 4) is 11.4 Å². The second-order valence-corrected chi connectivity index (χ2v) is 4.47. The molecule has 1 aromatic carbocycles. The minimum Gasteiger partial charge on any atom is -0.370 e. The first kappa shape index (κ1) is 14.7. The van der Waals surface area contributed by atoms with Crippen LogP contribution in [0.4, 0.5) is 11.6 Å². The molecule has 1 heterocycles. The number of hydrogen-bond donors (Lipinski definition) is 4. The zero-order valence-corrected chi connectivity index (χ0v) is 11.5. The van der Waals surface area contributed by atoms with Crippen LogP contribution in [0.5, 0.6) is 0 Å². The second kappa shape index (κ2) is 7.20. The average Bonchev–Trinajstić information content (AvgIpc) is 2.52. The van der Waals surface area contributed by atoms with Crippen molar-refractivity contribution in [1.29, 1.82) is 0 Å². The molecule has 1 aromatic heterocycles. The van der Waals surface area contributed by atoms with Crippen LogP contribution in [0.2, 0.25) is 0 Å². The third kappa shape index (κ3) is 4.43. The molecule has 7 nitrogen and oxygen atoms in total. The molecule has 2 rings (SSSR count). The summed E-state index contributed by atoms with van der Waals surface area (Å²) in [6.45, 7) is 0.595. The van der Waals surface area contributed by atoms with E-state index in [1.54, 1.807) is 6.07 Å². The molecular formula is C14H18N6O. The third-order valence-electron chi connectivity index (χ3n) is 2.81. The predicted molar refractivity (Wildman–Crippen MR) is 82.2 cm³/mol. The highest BCUT2D eigenvalue weighted by molar-refractivity contribution is 5.73. The Balaban J connectivity index is 2.12. The lowest BCUT2D eigenvalue weighted by Gasteiger charge is -2.09. The van der Waals surface area contributed by atoms with Gasteiger partial charge in [-0.2, -0.15) is 0 Å². The Bertz CT molecular complexity index is 602. The van der Waals surface area contributed by atoms with Crippen LogP contribution in [0, 0.1) is 0 Å².